The fourth-order valence-electron chi connectivity index (χ4n) is 1.47. The SMILES string of the molecule is [N-]=[N+]=C=C(Cc1ccccn1)c1ccccn1. The van der Waals surface area contributed by atoms with Crippen LogP contribution in [0.2, 0.25) is 0 Å². The van der Waals surface area contributed by atoms with Crippen LogP contribution in [-0.2, 0) is 6.42 Å². The third-order valence-electron chi connectivity index (χ3n) is 2.24. The van der Waals surface area contributed by atoms with E-state index in [4.69, 9.17) is 5.53 Å². The summed E-state index contributed by atoms with van der Waals surface area (Å²) in [7, 11) is 0. The molecule has 17 heavy (non-hydrogen) atoms. The highest BCUT2D eigenvalue weighted by Gasteiger charge is 2.07. The van der Waals surface area contributed by atoms with Crippen LogP contribution in [0.3, 0.4) is 0 Å². The molecule has 0 radical (unpaired) electrons. The Labute approximate surface area is 98.9 Å². The molecule has 0 aliphatic rings. The van der Waals surface area contributed by atoms with E-state index in [2.05, 4.69) is 20.6 Å². The van der Waals surface area contributed by atoms with E-state index in [-0.39, 0.29) is 0 Å². The van der Waals surface area contributed by atoms with Gasteiger partial charge in [-0.25, -0.2) is 0 Å². The van der Waals surface area contributed by atoms with Crippen LogP contribution in [0.15, 0.2) is 48.8 Å². The zero-order chi connectivity index (χ0) is 11.9. The maximum Gasteiger partial charge on any atom is 0.305 e. The Morgan fingerprint density at radius 3 is 2.47 bits per heavy atom. The van der Waals surface area contributed by atoms with Crippen LogP contribution in [0.25, 0.3) is 11.1 Å². The van der Waals surface area contributed by atoms with Crippen molar-refractivity contribution in [1.29, 1.82) is 0 Å². The molecule has 0 bridgehead atoms. The van der Waals surface area contributed by atoms with Crippen LogP contribution < -0.4 is 0 Å². The average Bonchev–Trinajstić information content (AvgIpc) is 2.40. The second kappa shape index (κ2) is 5.52. The lowest BCUT2D eigenvalue weighted by molar-refractivity contribution is 0.00829. The van der Waals surface area contributed by atoms with Crippen molar-refractivity contribution in [3.8, 4) is 0 Å². The molecule has 0 fully saturated rings. The molecule has 2 heterocycles. The van der Waals surface area contributed by atoms with E-state index >= 15 is 0 Å². The first-order chi connectivity index (χ1) is 8.40. The highest BCUT2D eigenvalue weighted by Crippen LogP contribution is 2.12. The van der Waals surface area contributed by atoms with Crippen LogP contribution in [-0.4, -0.2) is 20.6 Å². The van der Waals surface area contributed by atoms with Gasteiger partial charge in [-0.15, -0.1) is 4.79 Å². The van der Waals surface area contributed by atoms with E-state index in [0.717, 1.165) is 11.4 Å². The van der Waals surface area contributed by atoms with E-state index in [1.807, 2.05) is 36.4 Å². The fraction of sp³-hybridized carbons (Fsp3) is 0.0769. The monoisotopic (exact) mass is 222 g/mol. The van der Waals surface area contributed by atoms with E-state index in [1.54, 1.807) is 12.4 Å². The zero-order valence-electron chi connectivity index (χ0n) is 9.11. The molecule has 4 nitrogen and oxygen atoms in total. The van der Waals surface area contributed by atoms with Gasteiger partial charge in [0.1, 0.15) is 5.57 Å². The Balaban J connectivity index is 2.33. The highest BCUT2D eigenvalue weighted by molar-refractivity contribution is 5.86. The summed E-state index contributed by atoms with van der Waals surface area (Å²) in [6, 6.07) is 11.2. The lowest BCUT2D eigenvalue weighted by atomic mass is 10.1. The molecule has 0 unspecified atom stereocenters. The number of hydrogen-bond acceptors (Lipinski definition) is 2. The first-order valence-corrected chi connectivity index (χ1v) is 5.17. The molecule has 0 N–H and O–H groups in total. The predicted molar refractivity (Wildman–Crippen MR) is 64.2 cm³/mol. The molecule has 2 rings (SSSR count). The number of pyridine rings is 2. The summed E-state index contributed by atoms with van der Waals surface area (Å²) in [6.45, 7) is 0. The van der Waals surface area contributed by atoms with Gasteiger partial charge in [0.25, 0.3) is 0 Å². The summed E-state index contributed by atoms with van der Waals surface area (Å²) in [4.78, 5) is 11.4. The highest BCUT2D eigenvalue weighted by atomic mass is 14.8. The van der Waals surface area contributed by atoms with Gasteiger partial charge in [-0.1, -0.05) is 12.1 Å². The van der Waals surface area contributed by atoms with E-state index in [9.17, 15) is 0 Å². The van der Waals surface area contributed by atoms with Crippen LogP contribution in [0.1, 0.15) is 11.4 Å². The molecule has 82 valence electrons. The lowest BCUT2D eigenvalue weighted by Gasteiger charge is -2.00. The van der Waals surface area contributed by atoms with Gasteiger partial charge in [0.05, 0.1) is 5.69 Å². The van der Waals surface area contributed by atoms with Gasteiger partial charge in [0, 0.05) is 24.5 Å². The van der Waals surface area contributed by atoms with E-state index in [1.165, 1.54) is 0 Å². The minimum Gasteiger partial charge on any atom is -0.348 e. The number of rotatable bonds is 3. The molecular weight excluding hydrogens is 212 g/mol. The molecule has 2 aromatic rings. The number of allylic oxidation sites excluding steroid dienone is 1. The molecule has 0 aliphatic heterocycles. The van der Waals surface area contributed by atoms with Gasteiger partial charge in [-0.2, -0.15) is 0 Å². The van der Waals surface area contributed by atoms with Crippen molar-refractivity contribution in [3.63, 3.8) is 0 Å². The molecule has 0 saturated carbocycles. The van der Waals surface area contributed by atoms with Crippen LogP contribution in [0.5, 0.6) is 0 Å². The summed E-state index contributed by atoms with van der Waals surface area (Å²) >= 11 is 0. The minimum atomic E-state index is 0.530. The van der Waals surface area contributed by atoms with Crippen molar-refractivity contribution in [2.75, 3.05) is 0 Å². The normalized spacial score (nSPS) is 9.18. The van der Waals surface area contributed by atoms with Crippen LogP contribution in [0.4, 0.5) is 0 Å². The predicted octanol–water partition coefficient (Wildman–Crippen LogP) is 2.00. The number of nitrogens with zero attached hydrogens (tertiary/aromatic N) is 4. The van der Waals surface area contributed by atoms with Crippen LogP contribution >= 0.6 is 0 Å². The first kappa shape index (κ1) is 11.0. The maximum atomic E-state index is 8.62. The number of aromatic nitrogens is 2. The summed E-state index contributed by atoms with van der Waals surface area (Å²) in [5, 5.41) is 0. The lowest BCUT2D eigenvalue weighted by Crippen LogP contribution is -1.96. The zero-order valence-corrected chi connectivity index (χ0v) is 9.11. The Bertz CT molecular complexity index is 565. The molecule has 0 aromatic carbocycles. The topological polar surface area (TPSA) is 62.2 Å². The Morgan fingerprint density at radius 1 is 1.12 bits per heavy atom. The summed E-state index contributed by atoms with van der Waals surface area (Å²) < 4.78 is 0. The third kappa shape index (κ3) is 2.95. The molecule has 0 saturated heterocycles. The van der Waals surface area contributed by atoms with Gasteiger partial charge < -0.3 is 5.53 Å². The number of hydrogen-bond donors (Lipinski definition) is 0. The van der Waals surface area contributed by atoms with Gasteiger partial charge in [-0.3, -0.25) is 9.97 Å². The Kier molecular flexibility index (Phi) is 3.56. The molecule has 0 spiro atoms. The van der Waals surface area contributed by atoms with Gasteiger partial charge in [-0.05, 0) is 24.3 Å². The molecular formula is C13H10N4. The third-order valence-corrected chi connectivity index (χ3v) is 2.24. The summed E-state index contributed by atoms with van der Waals surface area (Å²) in [6.07, 6.45) is 3.94. The maximum absolute atomic E-state index is 8.62. The van der Waals surface area contributed by atoms with Gasteiger partial charge >= 0.3 is 5.87 Å². The van der Waals surface area contributed by atoms with Crippen LogP contribution in [0, 0.1) is 0 Å². The van der Waals surface area contributed by atoms with Crippen molar-refractivity contribution < 1.29 is 4.79 Å². The molecule has 0 atom stereocenters. The summed E-state index contributed by atoms with van der Waals surface area (Å²) in [5.41, 5.74) is 10.9. The second-order valence-electron chi connectivity index (χ2n) is 3.40. The Hall–Kier alpha value is -2.54. The van der Waals surface area contributed by atoms with E-state index in [0.29, 0.717) is 12.0 Å². The first-order valence-electron chi connectivity index (χ1n) is 5.17. The van der Waals surface area contributed by atoms with Crippen molar-refractivity contribution in [2.24, 2.45) is 0 Å². The van der Waals surface area contributed by atoms with Crippen molar-refractivity contribution in [3.05, 3.63) is 65.7 Å². The Morgan fingerprint density at radius 2 is 1.88 bits per heavy atom. The fourth-order valence-corrected chi connectivity index (χ4v) is 1.47. The van der Waals surface area contributed by atoms with Gasteiger partial charge in [0.15, 0.2) is 0 Å². The molecule has 0 amide bonds. The largest absolute Gasteiger partial charge is 0.348 e. The van der Waals surface area contributed by atoms with Gasteiger partial charge in [0.2, 0.25) is 0 Å². The van der Waals surface area contributed by atoms with Crippen molar-refractivity contribution in [2.45, 2.75) is 6.42 Å². The standard InChI is InChI=1S/C13H10N4/c14-17-10-11(13-6-2-4-8-16-13)9-12-5-1-3-7-15-12/h1-8H,9H2. The van der Waals surface area contributed by atoms with E-state index < -0.39 is 0 Å². The smallest absolute Gasteiger partial charge is 0.305 e. The molecule has 0 aliphatic carbocycles. The second-order valence-corrected chi connectivity index (χ2v) is 3.40. The average molecular weight is 222 g/mol. The van der Waals surface area contributed by atoms with Crippen molar-refractivity contribution >= 4 is 11.4 Å². The minimum absolute atomic E-state index is 0.530. The molecule has 4 heteroatoms. The van der Waals surface area contributed by atoms with Crippen molar-refractivity contribution in [1.82, 2.24) is 9.97 Å². The molecule has 2 aromatic heterocycles. The quantitative estimate of drug-likeness (QED) is 0.453. The summed E-state index contributed by atoms with van der Waals surface area (Å²) in [5.74, 6) is 2.54.